The molecule has 0 bridgehead atoms. The highest BCUT2D eigenvalue weighted by atomic mass is 127. The molecule has 2 saturated carbocycles. The van der Waals surface area contributed by atoms with E-state index >= 15 is 0 Å². The summed E-state index contributed by atoms with van der Waals surface area (Å²) in [5.74, 6) is 8.57. The van der Waals surface area contributed by atoms with Crippen LogP contribution in [0.5, 0.6) is 0 Å². The van der Waals surface area contributed by atoms with Crippen molar-refractivity contribution in [2.24, 2.45) is 34.7 Å². The van der Waals surface area contributed by atoms with E-state index in [1.807, 2.05) is 60.6 Å². The lowest BCUT2D eigenvalue weighted by Crippen LogP contribution is -2.66. The third kappa shape index (κ3) is 20.8. The molecule has 1 heterocycles. The molecule has 2 unspecified atom stereocenters. The Labute approximate surface area is 533 Å². The number of hydrogen-bond acceptors (Lipinski definition) is 9. The van der Waals surface area contributed by atoms with E-state index in [4.69, 9.17) is 23.9 Å². The molecule has 0 amide bonds. The van der Waals surface area contributed by atoms with Gasteiger partial charge in [-0.15, -0.1) is 11.0 Å². The first-order valence-corrected chi connectivity index (χ1v) is 36.3. The summed E-state index contributed by atoms with van der Waals surface area (Å²) in [4.78, 5) is 28.3. The summed E-state index contributed by atoms with van der Waals surface area (Å²) in [6.45, 7) is 37.0. The van der Waals surface area contributed by atoms with Gasteiger partial charge in [-0.2, -0.15) is 0 Å². The van der Waals surface area contributed by atoms with Crippen LogP contribution in [0.25, 0.3) is 10.4 Å². The first-order chi connectivity index (χ1) is 40.4. The van der Waals surface area contributed by atoms with E-state index in [1.54, 1.807) is 0 Å². The maximum atomic E-state index is 13.2. The number of nitrogens with zero attached hydrogens (tertiary/aromatic N) is 6. The number of azide groups is 1. The molecular formula is C71H103IN6O6Si2. The zero-order chi connectivity index (χ0) is 63.5. The quantitative estimate of drug-likeness (QED) is 0.0119. The zero-order valence-electron chi connectivity index (χ0n) is 55.2. The van der Waals surface area contributed by atoms with Gasteiger partial charge in [0.1, 0.15) is 14.9 Å². The number of benzene rings is 4. The van der Waals surface area contributed by atoms with Gasteiger partial charge in [-0.1, -0.05) is 207 Å². The summed E-state index contributed by atoms with van der Waals surface area (Å²) in [5.41, 5.74) is 7.97. The average Bonchev–Trinajstić information content (AvgIpc) is 1.60. The van der Waals surface area contributed by atoms with Gasteiger partial charge in [0.05, 0.1) is 24.6 Å². The number of hydrogen-bond donors (Lipinski definition) is 0. The second-order valence-electron chi connectivity index (χ2n) is 28.6. The summed E-state index contributed by atoms with van der Waals surface area (Å²) in [7, 11) is -5.28. The summed E-state index contributed by atoms with van der Waals surface area (Å²) in [5, 5.41) is 17.8. The Morgan fingerprint density at radius 1 is 0.628 bits per heavy atom. The Morgan fingerprint density at radius 2 is 1.01 bits per heavy atom. The monoisotopic (exact) mass is 1320 g/mol. The van der Waals surface area contributed by atoms with Crippen LogP contribution in [0.2, 0.25) is 10.1 Å². The van der Waals surface area contributed by atoms with Crippen molar-refractivity contribution in [2.45, 2.75) is 221 Å². The minimum atomic E-state index is -2.70. The summed E-state index contributed by atoms with van der Waals surface area (Å²) in [6.07, 6.45) is 8.93. The maximum absolute atomic E-state index is 13.2. The molecule has 86 heavy (non-hydrogen) atoms. The number of esters is 2. The normalized spacial score (nSPS) is 17.8. The fraction of sp³-hybridized carbons (Fsp3) is 0.577. The van der Waals surface area contributed by atoms with Crippen molar-refractivity contribution in [3.05, 3.63) is 141 Å². The zero-order valence-corrected chi connectivity index (χ0v) is 59.3. The first-order valence-electron chi connectivity index (χ1n) is 31.4. The maximum Gasteiger partial charge on any atom is 0.307 e. The first kappa shape index (κ1) is 71.7. The van der Waals surface area contributed by atoms with Crippen molar-refractivity contribution in [1.29, 1.82) is 0 Å². The number of carbonyl (C=O) groups excluding carboxylic acids is 2. The molecule has 2 aliphatic carbocycles. The third-order valence-electron chi connectivity index (χ3n) is 16.1. The minimum absolute atomic E-state index is 0.0766. The van der Waals surface area contributed by atoms with Crippen molar-refractivity contribution < 1.29 is 27.9 Å². The molecule has 0 aliphatic heterocycles. The van der Waals surface area contributed by atoms with Crippen LogP contribution < -0.4 is 20.7 Å². The Balaban J connectivity index is 0.000000274. The van der Waals surface area contributed by atoms with E-state index in [-0.39, 0.29) is 46.7 Å². The Bertz CT molecular complexity index is 2880. The van der Waals surface area contributed by atoms with Gasteiger partial charge in [-0.25, -0.2) is 4.68 Å². The van der Waals surface area contributed by atoms with Gasteiger partial charge in [-0.05, 0) is 182 Å². The van der Waals surface area contributed by atoms with Gasteiger partial charge in [0.25, 0.3) is 16.6 Å². The van der Waals surface area contributed by atoms with E-state index in [0.29, 0.717) is 44.1 Å². The molecule has 7 rings (SSSR count). The highest BCUT2D eigenvalue weighted by Gasteiger charge is 2.51. The van der Waals surface area contributed by atoms with Crippen molar-refractivity contribution in [2.75, 3.05) is 13.2 Å². The predicted molar refractivity (Wildman–Crippen MR) is 366 cm³/mol. The molecule has 5 aromatic rings. The fourth-order valence-corrected chi connectivity index (χ4v) is 22.6. The number of carbonyl (C=O) groups is 2. The fourth-order valence-electron chi connectivity index (χ4n) is 12.4. The molecule has 2 atom stereocenters. The Kier molecular flexibility index (Phi) is 27.0. The number of rotatable bonds is 23. The highest BCUT2D eigenvalue weighted by Crippen LogP contribution is 2.44. The number of aromatic nitrogens is 3. The van der Waals surface area contributed by atoms with Gasteiger partial charge >= 0.3 is 11.9 Å². The van der Waals surface area contributed by atoms with Crippen molar-refractivity contribution >= 4 is 71.9 Å². The molecular weight excluding hydrogens is 1220 g/mol. The van der Waals surface area contributed by atoms with Gasteiger partial charge in [0, 0.05) is 36.0 Å². The van der Waals surface area contributed by atoms with E-state index < -0.39 is 27.8 Å². The largest absolute Gasteiger partial charge is 0.460 e. The Hall–Kier alpha value is -5.09. The molecule has 468 valence electrons. The SMILES string of the molecule is CC#CC(CCO[Si](c1ccccc1)(c1ccccc1)C(C)(C)C)CC(=O)OC(C)(C)C.CC(C)CC1CC(N=[N+]=[N-])C1.CC(C)CC1CC(n2nnc(C(CCO[Si](c3ccccc3)(c3ccccc3)C(C)(C)C)CC(=O)OC(C)(C)C)c2I)C1. The lowest BCUT2D eigenvalue weighted by atomic mass is 9.76. The van der Waals surface area contributed by atoms with Gasteiger partial charge in [0.2, 0.25) is 0 Å². The van der Waals surface area contributed by atoms with Crippen molar-refractivity contribution in [1.82, 2.24) is 15.0 Å². The molecule has 0 saturated heterocycles. The number of halogens is 1. The van der Waals surface area contributed by atoms with Gasteiger partial charge in [-0.3, -0.25) is 9.59 Å². The van der Waals surface area contributed by atoms with Crippen LogP contribution in [0.4, 0.5) is 0 Å². The van der Waals surface area contributed by atoms with Crippen molar-refractivity contribution in [3.8, 4) is 11.8 Å². The van der Waals surface area contributed by atoms with Gasteiger partial charge in [0.15, 0.2) is 0 Å². The van der Waals surface area contributed by atoms with E-state index in [9.17, 15) is 9.59 Å². The molecule has 1 aromatic heterocycles. The smallest absolute Gasteiger partial charge is 0.307 e. The molecule has 4 aromatic carbocycles. The standard InChI is InChI=1S/C35H50IN3O3Si.C28H38O3Si.C8H15N3/c1-25(2)21-26-22-28(23-26)39-33(36)32(37-38-39)27(24-31(40)42-34(3,4)5)19-20-41-43(35(6,7)8,29-15-11-9-12-16-29)30-17-13-10-14-18-30;1-8-15-23(22-26(29)31-27(2,3)4)20-21-30-32(28(5,6)7,24-16-11-9-12-17-24)25-18-13-10-14-19-25;1-6(2)3-7-4-8(5-7)10-11-9/h9-18,25-28H,19-24H2,1-8H3;9-14,16-19,23H,20-22H2,1-7H3;6-8H,3-5H2,1-2H3. The molecule has 0 spiro atoms. The lowest BCUT2D eigenvalue weighted by Gasteiger charge is -2.43. The minimum Gasteiger partial charge on any atom is -0.460 e. The molecule has 0 N–H and O–H groups in total. The predicted octanol–water partition coefficient (Wildman–Crippen LogP) is 16.1. The van der Waals surface area contributed by atoms with Crippen LogP contribution in [0.15, 0.2) is 126 Å². The molecule has 0 radical (unpaired) electrons. The summed E-state index contributed by atoms with van der Waals surface area (Å²) >= 11 is 2.38. The Morgan fingerprint density at radius 3 is 1.37 bits per heavy atom. The molecule has 12 nitrogen and oxygen atoms in total. The topological polar surface area (TPSA) is 151 Å². The molecule has 2 aliphatic rings. The summed E-state index contributed by atoms with van der Waals surface area (Å²) < 4.78 is 28.6. The van der Waals surface area contributed by atoms with Crippen LogP contribution in [-0.2, 0) is 27.9 Å². The number of ether oxygens (including phenoxy) is 2. The second kappa shape index (κ2) is 32.4. The van der Waals surface area contributed by atoms with Crippen LogP contribution in [0.3, 0.4) is 0 Å². The van der Waals surface area contributed by atoms with E-state index in [0.717, 1.165) is 52.8 Å². The molecule has 15 heteroatoms. The van der Waals surface area contributed by atoms with E-state index in [1.165, 1.54) is 33.6 Å². The second-order valence-corrected chi connectivity index (χ2v) is 38.3. The van der Waals surface area contributed by atoms with Crippen LogP contribution >= 0.6 is 22.6 Å². The van der Waals surface area contributed by atoms with Crippen LogP contribution in [-0.4, -0.2) is 74.0 Å². The summed E-state index contributed by atoms with van der Waals surface area (Å²) in [6, 6.07) is 43.3. The van der Waals surface area contributed by atoms with E-state index in [2.05, 4.69) is 238 Å². The highest BCUT2D eigenvalue weighted by molar-refractivity contribution is 14.1. The van der Waals surface area contributed by atoms with Crippen LogP contribution in [0, 0.1) is 45.1 Å². The average molecular weight is 1320 g/mol. The van der Waals surface area contributed by atoms with Crippen molar-refractivity contribution in [3.63, 3.8) is 0 Å². The third-order valence-corrected chi connectivity index (χ3v) is 27.2. The van der Waals surface area contributed by atoms with Gasteiger partial charge < -0.3 is 18.3 Å². The van der Waals surface area contributed by atoms with Crippen LogP contribution in [0.1, 0.15) is 200 Å². The molecule has 2 fully saturated rings. The lowest BCUT2D eigenvalue weighted by molar-refractivity contribution is -0.156.